The van der Waals surface area contributed by atoms with Gasteiger partial charge < -0.3 is 4.74 Å². The molecular formula is C26H23NO2S. The summed E-state index contributed by atoms with van der Waals surface area (Å²) in [5.74, 6) is 6.33. The molecule has 0 fully saturated rings. The molecule has 0 amide bonds. The molecule has 30 heavy (non-hydrogen) atoms. The van der Waals surface area contributed by atoms with Crippen LogP contribution in [0.15, 0.2) is 66.2 Å². The Bertz CT molecular complexity index is 1150. The first kappa shape index (κ1) is 20.1. The van der Waals surface area contributed by atoms with Crippen LogP contribution in [0.25, 0.3) is 0 Å². The van der Waals surface area contributed by atoms with Crippen molar-refractivity contribution in [2.45, 2.75) is 32.1 Å². The Morgan fingerprint density at radius 2 is 1.87 bits per heavy atom. The van der Waals surface area contributed by atoms with Gasteiger partial charge in [-0.1, -0.05) is 43.9 Å². The number of esters is 1. The Kier molecular flexibility index (Phi) is 5.57. The molecule has 4 rings (SSSR count). The Morgan fingerprint density at radius 3 is 2.57 bits per heavy atom. The molecule has 4 heteroatoms. The zero-order valence-electron chi connectivity index (χ0n) is 17.3. The molecule has 150 valence electrons. The normalized spacial score (nSPS) is 16.3. The van der Waals surface area contributed by atoms with Crippen molar-refractivity contribution in [2.24, 2.45) is 0 Å². The summed E-state index contributed by atoms with van der Waals surface area (Å²) < 4.78 is 5.02. The minimum Gasteiger partial charge on any atom is -0.462 e. The van der Waals surface area contributed by atoms with Gasteiger partial charge in [-0.2, -0.15) is 0 Å². The van der Waals surface area contributed by atoms with E-state index in [2.05, 4.69) is 61.0 Å². The van der Waals surface area contributed by atoms with Gasteiger partial charge in [-0.15, -0.1) is 11.3 Å². The summed E-state index contributed by atoms with van der Waals surface area (Å²) in [6, 6.07) is 13.7. The quantitative estimate of drug-likeness (QED) is 0.314. The summed E-state index contributed by atoms with van der Waals surface area (Å²) >= 11 is 1.68. The fourth-order valence-corrected chi connectivity index (χ4v) is 4.40. The third kappa shape index (κ3) is 4.08. The van der Waals surface area contributed by atoms with Crippen molar-refractivity contribution < 1.29 is 9.53 Å². The molecule has 0 aliphatic heterocycles. The molecule has 1 heterocycles. The van der Waals surface area contributed by atoms with Crippen LogP contribution in [0.2, 0.25) is 0 Å². The van der Waals surface area contributed by atoms with Crippen LogP contribution in [-0.4, -0.2) is 17.6 Å². The number of carbonyl (C=O) groups excluding carboxylic acids is 1. The molecule has 1 atom stereocenters. The minimum atomic E-state index is -0.310. The SMILES string of the molecule is CCOC(=O)c1ccc(C#Cc2ccc3c(c2)C(c2nccs2)C=CC3(C)C)cc1. The average molecular weight is 414 g/mol. The van der Waals surface area contributed by atoms with E-state index in [9.17, 15) is 4.79 Å². The molecule has 0 N–H and O–H groups in total. The van der Waals surface area contributed by atoms with Gasteiger partial charge in [-0.3, -0.25) is 0 Å². The molecule has 0 saturated carbocycles. The molecule has 1 aliphatic rings. The predicted octanol–water partition coefficient (Wildman–Crippen LogP) is 5.70. The van der Waals surface area contributed by atoms with Crippen LogP contribution < -0.4 is 0 Å². The highest BCUT2D eigenvalue weighted by Gasteiger charge is 2.30. The number of hydrogen-bond acceptors (Lipinski definition) is 4. The molecule has 0 saturated heterocycles. The molecular weight excluding hydrogens is 390 g/mol. The lowest BCUT2D eigenvalue weighted by Gasteiger charge is -2.31. The molecule has 1 aromatic heterocycles. The average Bonchev–Trinajstić information content (AvgIpc) is 3.27. The van der Waals surface area contributed by atoms with Crippen molar-refractivity contribution in [3.63, 3.8) is 0 Å². The van der Waals surface area contributed by atoms with Crippen LogP contribution in [0.5, 0.6) is 0 Å². The Balaban J connectivity index is 1.64. The second kappa shape index (κ2) is 8.30. The molecule has 0 radical (unpaired) electrons. The van der Waals surface area contributed by atoms with E-state index in [0.717, 1.165) is 16.1 Å². The number of nitrogens with zero attached hydrogens (tertiary/aromatic N) is 1. The smallest absolute Gasteiger partial charge is 0.338 e. The molecule has 1 unspecified atom stereocenters. The maximum atomic E-state index is 11.8. The van der Waals surface area contributed by atoms with Crippen molar-refractivity contribution in [3.8, 4) is 11.8 Å². The van der Waals surface area contributed by atoms with Gasteiger partial charge >= 0.3 is 5.97 Å². The first-order valence-corrected chi connectivity index (χ1v) is 10.9. The van der Waals surface area contributed by atoms with E-state index in [4.69, 9.17) is 4.74 Å². The Morgan fingerprint density at radius 1 is 1.13 bits per heavy atom. The lowest BCUT2D eigenvalue weighted by molar-refractivity contribution is 0.0526. The van der Waals surface area contributed by atoms with Crippen LogP contribution in [0, 0.1) is 11.8 Å². The van der Waals surface area contributed by atoms with E-state index in [1.165, 1.54) is 11.1 Å². The van der Waals surface area contributed by atoms with Gasteiger partial charge in [0.25, 0.3) is 0 Å². The van der Waals surface area contributed by atoms with Gasteiger partial charge in [0.15, 0.2) is 0 Å². The lowest BCUT2D eigenvalue weighted by Crippen LogP contribution is -2.22. The maximum Gasteiger partial charge on any atom is 0.338 e. The third-order valence-electron chi connectivity index (χ3n) is 5.25. The predicted molar refractivity (Wildman–Crippen MR) is 121 cm³/mol. The number of hydrogen-bond donors (Lipinski definition) is 0. The minimum absolute atomic E-state index is 0.0159. The van der Waals surface area contributed by atoms with Crippen LogP contribution in [-0.2, 0) is 10.2 Å². The van der Waals surface area contributed by atoms with Crippen LogP contribution in [0.1, 0.15) is 64.3 Å². The van der Waals surface area contributed by atoms with Crippen molar-refractivity contribution >= 4 is 17.3 Å². The number of fused-ring (bicyclic) bond motifs is 1. The number of ether oxygens (including phenoxy) is 1. The molecule has 0 bridgehead atoms. The van der Waals surface area contributed by atoms with Gasteiger partial charge in [0, 0.05) is 28.1 Å². The molecule has 1 aliphatic carbocycles. The van der Waals surface area contributed by atoms with E-state index in [1.54, 1.807) is 30.4 Å². The highest BCUT2D eigenvalue weighted by Crippen LogP contribution is 2.41. The summed E-state index contributed by atoms with van der Waals surface area (Å²) in [4.78, 5) is 16.3. The van der Waals surface area contributed by atoms with Crippen molar-refractivity contribution in [2.75, 3.05) is 6.61 Å². The lowest BCUT2D eigenvalue weighted by atomic mass is 9.73. The van der Waals surface area contributed by atoms with Gasteiger partial charge in [-0.25, -0.2) is 9.78 Å². The molecule has 3 aromatic rings. The van der Waals surface area contributed by atoms with Gasteiger partial charge in [0.1, 0.15) is 5.01 Å². The fraction of sp³-hybridized carbons (Fsp3) is 0.231. The fourth-order valence-electron chi connectivity index (χ4n) is 3.67. The van der Waals surface area contributed by atoms with E-state index in [-0.39, 0.29) is 17.3 Å². The number of aromatic nitrogens is 1. The van der Waals surface area contributed by atoms with E-state index >= 15 is 0 Å². The third-order valence-corrected chi connectivity index (χ3v) is 6.11. The Hall–Kier alpha value is -3.16. The Labute approximate surface area is 181 Å². The highest BCUT2D eigenvalue weighted by atomic mass is 32.1. The van der Waals surface area contributed by atoms with Gasteiger partial charge in [0.2, 0.25) is 0 Å². The number of benzene rings is 2. The molecule has 3 nitrogen and oxygen atoms in total. The standard InChI is InChI=1S/C26H23NO2S/c1-4-29-25(28)20-10-7-18(8-11-20)5-6-19-9-12-23-22(17-19)21(13-14-26(23,2)3)24-27-15-16-30-24/h7-17,21H,4H2,1-3H3. The zero-order chi connectivity index (χ0) is 21.1. The van der Waals surface area contributed by atoms with Crippen LogP contribution in [0.4, 0.5) is 0 Å². The first-order chi connectivity index (χ1) is 14.5. The van der Waals surface area contributed by atoms with Crippen molar-refractivity contribution in [3.05, 3.63) is 99.0 Å². The van der Waals surface area contributed by atoms with Crippen LogP contribution in [0.3, 0.4) is 0 Å². The zero-order valence-corrected chi connectivity index (χ0v) is 18.1. The number of rotatable bonds is 3. The van der Waals surface area contributed by atoms with E-state index in [0.29, 0.717) is 12.2 Å². The summed E-state index contributed by atoms with van der Waals surface area (Å²) in [5, 5.41) is 3.12. The number of carbonyl (C=O) groups is 1. The highest BCUT2D eigenvalue weighted by molar-refractivity contribution is 7.09. The summed E-state index contributed by atoms with van der Waals surface area (Å²) in [6.07, 6.45) is 6.39. The first-order valence-electron chi connectivity index (χ1n) is 10.0. The topological polar surface area (TPSA) is 39.2 Å². The van der Waals surface area contributed by atoms with E-state index < -0.39 is 0 Å². The summed E-state index contributed by atoms with van der Waals surface area (Å²) in [7, 11) is 0. The molecule has 0 spiro atoms. The largest absolute Gasteiger partial charge is 0.462 e. The number of thiazole rings is 1. The van der Waals surface area contributed by atoms with E-state index in [1.807, 2.05) is 23.7 Å². The summed E-state index contributed by atoms with van der Waals surface area (Å²) in [6.45, 7) is 6.63. The summed E-state index contributed by atoms with van der Waals surface area (Å²) in [5.41, 5.74) is 4.93. The monoisotopic (exact) mass is 413 g/mol. The van der Waals surface area contributed by atoms with Crippen molar-refractivity contribution in [1.82, 2.24) is 4.98 Å². The number of allylic oxidation sites excluding steroid dienone is 2. The molecule has 2 aromatic carbocycles. The van der Waals surface area contributed by atoms with Gasteiger partial charge in [0.05, 0.1) is 18.1 Å². The second-order valence-electron chi connectivity index (χ2n) is 7.78. The second-order valence-corrected chi connectivity index (χ2v) is 8.70. The van der Waals surface area contributed by atoms with Crippen molar-refractivity contribution in [1.29, 1.82) is 0 Å². The van der Waals surface area contributed by atoms with Crippen LogP contribution >= 0.6 is 11.3 Å². The van der Waals surface area contributed by atoms with Gasteiger partial charge in [-0.05, 0) is 54.4 Å². The maximum absolute atomic E-state index is 11.8.